The molecule has 0 heterocycles. The van der Waals surface area contributed by atoms with Crippen LogP contribution in [0.5, 0.6) is 0 Å². The number of halogens is 3. The monoisotopic (exact) mass is 403 g/mol. The third kappa shape index (κ3) is 5.50. The average molecular weight is 405 g/mol. The molecule has 1 nitrogen and oxygen atoms in total. The number of benzene rings is 2. The summed E-state index contributed by atoms with van der Waals surface area (Å²) in [7, 11) is 1.99. The Balaban J connectivity index is 1.95. The van der Waals surface area contributed by atoms with Crippen LogP contribution in [0.15, 0.2) is 51.8 Å². The van der Waals surface area contributed by atoms with Gasteiger partial charge in [-0.25, -0.2) is 0 Å². The largest absolute Gasteiger partial charge is 0.316 e. The highest BCUT2D eigenvalue weighted by Gasteiger charge is 2.09. The van der Waals surface area contributed by atoms with Crippen molar-refractivity contribution in [2.75, 3.05) is 12.8 Å². The molecule has 1 unspecified atom stereocenters. The van der Waals surface area contributed by atoms with E-state index in [9.17, 15) is 0 Å². The fourth-order valence-corrected chi connectivity index (χ4v) is 3.88. The molecule has 0 amide bonds. The molecule has 2 rings (SSSR count). The lowest BCUT2D eigenvalue weighted by atomic mass is 10.1. The third-order valence-electron chi connectivity index (χ3n) is 3.12. The molecule has 2 aromatic rings. The smallest absolute Gasteiger partial charge is 0.0595 e. The van der Waals surface area contributed by atoms with Crippen molar-refractivity contribution in [2.24, 2.45) is 0 Å². The van der Waals surface area contributed by atoms with Crippen molar-refractivity contribution in [3.8, 4) is 0 Å². The van der Waals surface area contributed by atoms with Crippen LogP contribution in [0.1, 0.15) is 5.56 Å². The molecule has 0 spiro atoms. The summed E-state index contributed by atoms with van der Waals surface area (Å²) < 4.78 is 1.11. The molecular formula is C16H16BrCl2NS. The SMILES string of the molecule is CNC(CSc1cccc(Br)c1)Cc1ccc(Cl)c(Cl)c1. The second kappa shape index (κ2) is 8.44. The molecule has 0 aromatic heterocycles. The molecule has 2 aromatic carbocycles. The van der Waals surface area contributed by atoms with Gasteiger partial charge < -0.3 is 5.32 Å². The standard InChI is InChI=1S/C16H16BrCl2NS/c1-20-13(7-11-5-6-15(18)16(19)8-11)10-21-14-4-2-3-12(17)9-14/h2-6,8-9,13,20H,7,10H2,1H3. The Morgan fingerprint density at radius 2 is 1.95 bits per heavy atom. The molecule has 1 atom stereocenters. The van der Waals surface area contributed by atoms with Gasteiger partial charge in [-0.3, -0.25) is 0 Å². The molecular weight excluding hydrogens is 389 g/mol. The van der Waals surface area contributed by atoms with Gasteiger partial charge in [-0.2, -0.15) is 0 Å². The number of likely N-dealkylation sites (N-methyl/N-ethyl adjacent to an activating group) is 1. The van der Waals surface area contributed by atoms with E-state index < -0.39 is 0 Å². The van der Waals surface area contributed by atoms with Crippen LogP contribution in [-0.4, -0.2) is 18.8 Å². The van der Waals surface area contributed by atoms with Crippen LogP contribution in [-0.2, 0) is 6.42 Å². The molecule has 0 bridgehead atoms. The molecule has 5 heteroatoms. The number of hydrogen-bond acceptors (Lipinski definition) is 2. The summed E-state index contributed by atoms with van der Waals surface area (Å²) in [5.41, 5.74) is 1.19. The molecule has 0 radical (unpaired) electrons. The lowest BCUT2D eigenvalue weighted by molar-refractivity contribution is 0.617. The quantitative estimate of drug-likeness (QED) is 0.621. The van der Waals surface area contributed by atoms with Crippen molar-refractivity contribution < 1.29 is 0 Å². The zero-order valence-electron chi connectivity index (χ0n) is 11.6. The fraction of sp³-hybridized carbons (Fsp3) is 0.250. The van der Waals surface area contributed by atoms with E-state index in [2.05, 4.69) is 39.4 Å². The first kappa shape index (κ1) is 17.2. The van der Waals surface area contributed by atoms with E-state index in [1.807, 2.05) is 43.1 Å². The number of nitrogens with one attached hydrogen (secondary N) is 1. The Kier molecular flexibility index (Phi) is 6.90. The highest BCUT2D eigenvalue weighted by molar-refractivity contribution is 9.10. The van der Waals surface area contributed by atoms with Gasteiger partial charge in [0.05, 0.1) is 10.0 Å². The molecule has 0 fully saturated rings. The van der Waals surface area contributed by atoms with E-state index in [1.54, 1.807) is 0 Å². The molecule has 0 aliphatic carbocycles. The maximum absolute atomic E-state index is 6.07. The fourth-order valence-electron chi connectivity index (χ4n) is 1.95. The van der Waals surface area contributed by atoms with Crippen molar-refractivity contribution in [1.82, 2.24) is 5.32 Å². The molecule has 0 saturated carbocycles. The zero-order chi connectivity index (χ0) is 15.2. The van der Waals surface area contributed by atoms with Gasteiger partial charge >= 0.3 is 0 Å². The van der Waals surface area contributed by atoms with E-state index in [0.717, 1.165) is 16.6 Å². The third-order valence-corrected chi connectivity index (χ3v) is 5.51. The van der Waals surface area contributed by atoms with Gasteiger partial charge in [-0.05, 0) is 49.4 Å². The summed E-state index contributed by atoms with van der Waals surface area (Å²) in [4.78, 5) is 1.26. The first-order valence-corrected chi connectivity index (χ1v) is 9.11. The normalized spacial score (nSPS) is 12.4. The molecule has 0 aliphatic heterocycles. The van der Waals surface area contributed by atoms with E-state index in [1.165, 1.54) is 10.5 Å². The average Bonchev–Trinajstić information content (AvgIpc) is 2.47. The van der Waals surface area contributed by atoms with Gasteiger partial charge in [0, 0.05) is 21.2 Å². The van der Waals surface area contributed by atoms with E-state index in [0.29, 0.717) is 16.1 Å². The summed E-state index contributed by atoms with van der Waals surface area (Å²) in [5, 5.41) is 4.58. The molecule has 112 valence electrons. The lowest BCUT2D eigenvalue weighted by Crippen LogP contribution is -2.30. The highest BCUT2D eigenvalue weighted by atomic mass is 79.9. The summed E-state index contributed by atoms with van der Waals surface area (Å²) in [6.45, 7) is 0. The second-order valence-corrected chi connectivity index (χ2v) is 7.53. The van der Waals surface area contributed by atoms with Crippen LogP contribution in [0, 0.1) is 0 Å². The second-order valence-electron chi connectivity index (χ2n) is 4.71. The van der Waals surface area contributed by atoms with Crippen molar-refractivity contribution in [3.05, 3.63) is 62.5 Å². The maximum Gasteiger partial charge on any atom is 0.0595 e. The first-order chi connectivity index (χ1) is 10.1. The predicted molar refractivity (Wildman–Crippen MR) is 97.9 cm³/mol. The molecule has 0 aliphatic rings. The van der Waals surface area contributed by atoms with Crippen molar-refractivity contribution in [1.29, 1.82) is 0 Å². The van der Waals surface area contributed by atoms with E-state index in [-0.39, 0.29) is 0 Å². The Labute approximate surface area is 148 Å². The number of hydrogen-bond donors (Lipinski definition) is 1. The Morgan fingerprint density at radius 3 is 2.62 bits per heavy atom. The maximum atomic E-state index is 6.07. The van der Waals surface area contributed by atoms with Crippen molar-refractivity contribution in [3.63, 3.8) is 0 Å². The van der Waals surface area contributed by atoms with Gasteiger partial charge in [-0.1, -0.05) is 51.3 Å². The first-order valence-electron chi connectivity index (χ1n) is 6.58. The van der Waals surface area contributed by atoms with Crippen LogP contribution in [0.25, 0.3) is 0 Å². The van der Waals surface area contributed by atoms with Crippen LogP contribution in [0.3, 0.4) is 0 Å². The van der Waals surface area contributed by atoms with E-state index in [4.69, 9.17) is 23.2 Å². The van der Waals surface area contributed by atoms with Gasteiger partial charge in [0.25, 0.3) is 0 Å². The van der Waals surface area contributed by atoms with Gasteiger partial charge in [0.1, 0.15) is 0 Å². The topological polar surface area (TPSA) is 12.0 Å². The number of thioether (sulfide) groups is 1. The Hall–Kier alpha value is -0.190. The van der Waals surface area contributed by atoms with Crippen molar-refractivity contribution in [2.45, 2.75) is 17.4 Å². The predicted octanol–water partition coefficient (Wildman–Crippen LogP) is 5.68. The van der Waals surface area contributed by atoms with Crippen molar-refractivity contribution >= 4 is 50.9 Å². The van der Waals surface area contributed by atoms with E-state index >= 15 is 0 Å². The number of rotatable bonds is 6. The summed E-state index contributed by atoms with van der Waals surface area (Å²) >= 11 is 17.4. The minimum atomic E-state index is 0.381. The zero-order valence-corrected chi connectivity index (χ0v) is 15.5. The Bertz CT molecular complexity index is 607. The van der Waals surface area contributed by atoms with Crippen LogP contribution >= 0.6 is 50.9 Å². The summed E-state index contributed by atoms with van der Waals surface area (Å²) in [5.74, 6) is 0.993. The van der Waals surface area contributed by atoms with Crippen LogP contribution in [0.2, 0.25) is 10.0 Å². The minimum Gasteiger partial charge on any atom is -0.316 e. The molecule has 0 saturated heterocycles. The Morgan fingerprint density at radius 1 is 1.14 bits per heavy atom. The molecule has 1 N–H and O–H groups in total. The summed E-state index contributed by atoms with van der Waals surface area (Å²) in [6, 6.07) is 14.6. The van der Waals surface area contributed by atoms with Crippen LogP contribution < -0.4 is 5.32 Å². The van der Waals surface area contributed by atoms with Crippen LogP contribution in [0.4, 0.5) is 0 Å². The van der Waals surface area contributed by atoms with Gasteiger partial charge in [-0.15, -0.1) is 11.8 Å². The lowest BCUT2D eigenvalue weighted by Gasteiger charge is -2.16. The van der Waals surface area contributed by atoms with Gasteiger partial charge in [0.15, 0.2) is 0 Å². The molecule has 21 heavy (non-hydrogen) atoms. The van der Waals surface area contributed by atoms with Gasteiger partial charge in [0.2, 0.25) is 0 Å². The summed E-state index contributed by atoms with van der Waals surface area (Å²) in [6.07, 6.45) is 0.925. The minimum absolute atomic E-state index is 0.381. The highest BCUT2D eigenvalue weighted by Crippen LogP contribution is 2.25.